The van der Waals surface area contributed by atoms with Gasteiger partial charge in [0.1, 0.15) is 12.4 Å². The van der Waals surface area contributed by atoms with Crippen LogP contribution in [0.2, 0.25) is 0 Å². The third-order valence-electron chi connectivity index (χ3n) is 5.19. The van der Waals surface area contributed by atoms with Gasteiger partial charge in [-0.2, -0.15) is 0 Å². The molecule has 1 aromatic heterocycles. The van der Waals surface area contributed by atoms with E-state index >= 15 is 0 Å². The molecule has 1 aliphatic heterocycles. The summed E-state index contributed by atoms with van der Waals surface area (Å²) in [6.45, 7) is 2.19. The van der Waals surface area contributed by atoms with Gasteiger partial charge in [0, 0.05) is 29.7 Å². The van der Waals surface area contributed by atoms with Gasteiger partial charge in [-0.3, -0.25) is 4.79 Å². The molecule has 0 spiro atoms. The Morgan fingerprint density at radius 3 is 2.57 bits per heavy atom. The molecule has 0 radical (unpaired) electrons. The zero-order chi connectivity index (χ0) is 21.1. The van der Waals surface area contributed by atoms with Crippen molar-refractivity contribution in [1.29, 1.82) is 0 Å². The van der Waals surface area contributed by atoms with Crippen molar-refractivity contribution in [2.24, 2.45) is 0 Å². The number of carboxylic acid groups (broad SMARTS) is 1. The van der Waals surface area contributed by atoms with Gasteiger partial charge >= 0.3 is 6.09 Å². The predicted octanol–water partition coefficient (Wildman–Crippen LogP) is 3.58. The van der Waals surface area contributed by atoms with E-state index in [1.54, 1.807) is 0 Å². The Morgan fingerprint density at radius 1 is 1.13 bits per heavy atom. The van der Waals surface area contributed by atoms with Gasteiger partial charge in [-0.15, -0.1) is 0 Å². The molecule has 1 amide bonds. The molecule has 0 aliphatic carbocycles. The molecule has 3 N–H and O–H groups in total. The summed E-state index contributed by atoms with van der Waals surface area (Å²) in [6.07, 6.45) is 1.21. The van der Waals surface area contributed by atoms with Crippen molar-refractivity contribution >= 4 is 22.6 Å². The second-order valence-electron chi connectivity index (χ2n) is 7.17. The maximum atomic E-state index is 13.7. The van der Waals surface area contributed by atoms with Crippen molar-refractivity contribution in [1.82, 2.24) is 10.3 Å². The number of carbonyl (C=O) groups is 1. The smallest absolute Gasteiger partial charge is 0.404 e. The summed E-state index contributed by atoms with van der Waals surface area (Å²) in [5, 5.41) is 11.6. The minimum atomic E-state index is -1.15. The summed E-state index contributed by atoms with van der Waals surface area (Å²) in [5.41, 5.74) is 1.93. The van der Waals surface area contributed by atoms with Crippen molar-refractivity contribution in [2.75, 3.05) is 31.1 Å². The Labute approximate surface area is 172 Å². The molecular weight excluding hydrogens is 389 g/mol. The molecule has 7 nitrogen and oxygen atoms in total. The molecule has 2 aromatic carbocycles. The number of pyridine rings is 1. The van der Waals surface area contributed by atoms with E-state index in [9.17, 15) is 14.0 Å². The largest absolute Gasteiger partial charge is 0.489 e. The number of aromatic nitrogens is 1. The molecule has 0 atom stereocenters. The van der Waals surface area contributed by atoms with E-state index in [2.05, 4.69) is 15.2 Å². The summed E-state index contributed by atoms with van der Waals surface area (Å²) in [4.78, 5) is 28.4. The number of hydrogen-bond donors (Lipinski definition) is 3. The van der Waals surface area contributed by atoms with Crippen LogP contribution >= 0.6 is 0 Å². The highest BCUT2D eigenvalue weighted by atomic mass is 19.1. The van der Waals surface area contributed by atoms with E-state index in [-0.39, 0.29) is 18.5 Å². The molecule has 30 heavy (non-hydrogen) atoms. The molecular formula is C22H22FN3O4. The zero-order valence-corrected chi connectivity index (χ0v) is 16.3. The van der Waals surface area contributed by atoms with Crippen LogP contribution in [0.4, 0.5) is 14.9 Å². The number of amides is 1. The van der Waals surface area contributed by atoms with Gasteiger partial charge in [-0.05, 0) is 43.2 Å². The lowest BCUT2D eigenvalue weighted by Gasteiger charge is -2.18. The Bertz CT molecular complexity index is 1120. The second-order valence-corrected chi connectivity index (χ2v) is 7.17. The van der Waals surface area contributed by atoms with Gasteiger partial charge in [0.15, 0.2) is 5.75 Å². The topological polar surface area (TPSA) is 94.7 Å². The van der Waals surface area contributed by atoms with E-state index in [0.29, 0.717) is 16.8 Å². The van der Waals surface area contributed by atoms with E-state index in [0.717, 1.165) is 30.4 Å². The van der Waals surface area contributed by atoms with Crippen molar-refractivity contribution in [3.8, 4) is 17.0 Å². The number of rotatable bonds is 6. The van der Waals surface area contributed by atoms with Crippen molar-refractivity contribution in [3.63, 3.8) is 0 Å². The lowest BCUT2D eigenvalue weighted by molar-refractivity contribution is 0.191. The fraction of sp³-hybridized carbons (Fsp3) is 0.273. The minimum Gasteiger partial charge on any atom is -0.489 e. The molecule has 3 aromatic rings. The Balaban J connectivity index is 1.73. The second kappa shape index (κ2) is 8.44. The fourth-order valence-corrected chi connectivity index (χ4v) is 3.75. The molecule has 0 unspecified atom stereocenters. The summed E-state index contributed by atoms with van der Waals surface area (Å²) >= 11 is 0. The standard InChI is InChI=1S/C22H22FN3O4/c23-15-5-8-17-18(13-15)21(27)25-19(20(17)30-12-9-24-22(28)29)14-3-6-16(7-4-14)26-10-1-2-11-26/h3-8,13,24H,1-2,9-12H2,(H,25,27)(H,28,29). The summed E-state index contributed by atoms with van der Waals surface area (Å²) in [5.74, 6) is -0.139. The zero-order valence-electron chi connectivity index (χ0n) is 16.3. The summed E-state index contributed by atoms with van der Waals surface area (Å²) in [6, 6.07) is 11.8. The fourth-order valence-electron chi connectivity index (χ4n) is 3.75. The number of halogens is 1. The highest BCUT2D eigenvalue weighted by Gasteiger charge is 2.17. The number of nitrogens with zero attached hydrogens (tertiary/aromatic N) is 1. The van der Waals surface area contributed by atoms with Crippen molar-refractivity contribution in [2.45, 2.75) is 12.8 Å². The van der Waals surface area contributed by atoms with Crippen LogP contribution in [0, 0.1) is 5.82 Å². The van der Waals surface area contributed by atoms with Crippen molar-refractivity contribution < 1.29 is 19.0 Å². The highest BCUT2D eigenvalue weighted by Crippen LogP contribution is 2.35. The van der Waals surface area contributed by atoms with E-state index in [1.807, 2.05) is 24.3 Å². The number of ether oxygens (including phenoxy) is 1. The average molecular weight is 411 g/mol. The van der Waals surface area contributed by atoms with Gasteiger partial charge in [-0.25, -0.2) is 9.18 Å². The van der Waals surface area contributed by atoms with Gasteiger partial charge in [0.2, 0.25) is 0 Å². The van der Waals surface area contributed by atoms with Crippen LogP contribution < -0.4 is 20.5 Å². The lowest BCUT2D eigenvalue weighted by Crippen LogP contribution is -2.26. The number of benzene rings is 2. The quantitative estimate of drug-likeness (QED) is 0.539. The average Bonchev–Trinajstić information content (AvgIpc) is 3.27. The molecule has 1 fully saturated rings. The summed E-state index contributed by atoms with van der Waals surface area (Å²) in [7, 11) is 0. The highest BCUT2D eigenvalue weighted by molar-refractivity contribution is 5.93. The van der Waals surface area contributed by atoms with Crippen LogP contribution in [0.25, 0.3) is 22.0 Å². The normalized spacial score (nSPS) is 13.6. The molecule has 8 heteroatoms. The third kappa shape index (κ3) is 4.07. The number of nitrogens with one attached hydrogen (secondary N) is 2. The molecule has 0 saturated carbocycles. The Morgan fingerprint density at radius 2 is 1.87 bits per heavy atom. The number of aromatic amines is 1. The van der Waals surface area contributed by atoms with Gasteiger partial charge < -0.3 is 25.0 Å². The van der Waals surface area contributed by atoms with Crippen molar-refractivity contribution in [3.05, 3.63) is 58.6 Å². The summed E-state index contributed by atoms with van der Waals surface area (Å²) < 4.78 is 19.5. The first-order valence-corrected chi connectivity index (χ1v) is 9.83. The van der Waals surface area contributed by atoms with E-state index in [1.165, 1.54) is 25.0 Å². The maximum absolute atomic E-state index is 13.7. The first kappa shape index (κ1) is 19.8. The van der Waals surface area contributed by atoms with E-state index < -0.39 is 17.5 Å². The van der Waals surface area contributed by atoms with Gasteiger partial charge in [0.05, 0.1) is 17.6 Å². The molecule has 156 valence electrons. The molecule has 1 aliphatic rings. The van der Waals surface area contributed by atoms with Crippen LogP contribution in [-0.2, 0) is 0 Å². The molecule has 1 saturated heterocycles. The first-order chi connectivity index (χ1) is 14.5. The predicted molar refractivity (Wildman–Crippen MR) is 113 cm³/mol. The molecule has 2 heterocycles. The number of anilines is 1. The first-order valence-electron chi connectivity index (χ1n) is 9.83. The lowest BCUT2D eigenvalue weighted by atomic mass is 10.0. The van der Waals surface area contributed by atoms with Crippen LogP contribution in [0.1, 0.15) is 12.8 Å². The van der Waals surface area contributed by atoms with Crippen LogP contribution in [-0.4, -0.2) is 42.4 Å². The maximum Gasteiger partial charge on any atom is 0.404 e. The van der Waals surface area contributed by atoms with Crippen LogP contribution in [0.3, 0.4) is 0 Å². The van der Waals surface area contributed by atoms with Crippen LogP contribution in [0.15, 0.2) is 47.3 Å². The minimum absolute atomic E-state index is 0.0592. The Kier molecular flexibility index (Phi) is 5.56. The monoisotopic (exact) mass is 411 g/mol. The molecule has 4 rings (SSSR count). The third-order valence-corrected chi connectivity index (χ3v) is 5.19. The number of hydrogen-bond acceptors (Lipinski definition) is 4. The van der Waals surface area contributed by atoms with Gasteiger partial charge in [0.25, 0.3) is 5.56 Å². The van der Waals surface area contributed by atoms with Gasteiger partial charge in [-0.1, -0.05) is 12.1 Å². The Hall–Kier alpha value is -3.55. The SMILES string of the molecule is O=C(O)NCCOc1c(-c2ccc(N3CCCC3)cc2)[nH]c(=O)c2cc(F)ccc12. The van der Waals surface area contributed by atoms with E-state index in [4.69, 9.17) is 9.84 Å². The number of H-pyrrole nitrogens is 1. The number of fused-ring (bicyclic) bond motifs is 1. The molecule has 0 bridgehead atoms. The van der Waals surface area contributed by atoms with Crippen LogP contribution in [0.5, 0.6) is 5.75 Å².